The molecule has 2 aromatic rings. The van der Waals surface area contributed by atoms with Gasteiger partial charge in [-0.2, -0.15) is 0 Å². The van der Waals surface area contributed by atoms with Gasteiger partial charge in [0.1, 0.15) is 11.6 Å². The number of halogens is 1. The van der Waals surface area contributed by atoms with E-state index in [9.17, 15) is 0 Å². The standard InChI is InChI=1S/C15H19ClN2O/c1-11(4-3-8-16)18-15-14-10-13(19-2)6-5-12(14)7-9-17-15/h5-7,9-11H,3-4,8H2,1-2H3,(H,17,18). The minimum atomic E-state index is 0.350. The molecule has 2 rings (SSSR count). The third-order valence-corrected chi connectivity index (χ3v) is 3.39. The maximum Gasteiger partial charge on any atom is 0.134 e. The van der Waals surface area contributed by atoms with Gasteiger partial charge in [-0.05, 0) is 43.4 Å². The lowest BCUT2D eigenvalue weighted by Crippen LogP contribution is -2.16. The zero-order chi connectivity index (χ0) is 13.7. The average molecular weight is 279 g/mol. The van der Waals surface area contributed by atoms with E-state index >= 15 is 0 Å². The highest BCUT2D eigenvalue weighted by atomic mass is 35.5. The Morgan fingerprint density at radius 1 is 1.37 bits per heavy atom. The molecule has 0 radical (unpaired) electrons. The number of pyridine rings is 1. The van der Waals surface area contributed by atoms with E-state index in [1.807, 2.05) is 30.5 Å². The van der Waals surface area contributed by atoms with Gasteiger partial charge in [-0.3, -0.25) is 0 Å². The van der Waals surface area contributed by atoms with Crippen LogP contribution in [0.25, 0.3) is 10.8 Å². The average Bonchev–Trinajstić information content (AvgIpc) is 2.45. The first-order valence-electron chi connectivity index (χ1n) is 6.50. The van der Waals surface area contributed by atoms with Gasteiger partial charge in [-0.1, -0.05) is 6.07 Å². The number of methoxy groups -OCH3 is 1. The molecule has 0 fully saturated rings. The van der Waals surface area contributed by atoms with Crippen LogP contribution >= 0.6 is 11.6 Å². The molecule has 0 bridgehead atoms. The van der Waals surface area contributed by atoms with Gasteiger partial charge in [0, 0.05) is 23.5 Å². The molecule has 0 aliphatic carbocycles. The summed E-state index contributed by atoms with van der Waals surface area (Å²) in [7, 11) is 1.67. The second kappa shape index (κ2) is 6.62. The van der Waals surface area contributed by atoms with E-state index in [2.05, 4.69) is 17.2 Å². The first-order valence-corrected chi connectivity index (χ1v) is 7.03. The molecule has 4 heteroatoms. The number of anilines is 1. The van der Waals surface area contributed by atoms with Crippen LogP contribution in [0.2, 0.25) is 0 Å². The fourth-order valence-corrected chi connectivity index (χ4v) is 2.23. The number of aromatic nitrogens is 1. The Hall–Kier alpha value is -1.48. The number of benzene rings is 1. The van der Waals surface area contributed by atoms with Crippen molar-refractivity contribution in [3.8, 4) is 5.75 Å². The molecule has 0 aliphatic rings. The summed E-state index contributed by atoms with van der Waals surface area (Å²) in [6.45, 7) is 2.15. The van der Waals surface area contributed by atoms with Crippen LogP contribution in [-0.2, 0) is 0 Å². The largest absolute Gasteiger partial charge is 0.497 e. The fraction of sp³-hybridized carbons (Fsp3) is 0.400. The number of rotatable bonds is 6. The van der Waals surface area contributed by atoms with E-state index < -0.39 is 0 Å². The summed E-state index contributed by atoms with van der Waals surface area (Å²) in [5.41, 5.74) is 0. The molecule has 0 spiro atoms. The van der Waals surface area contributed by atoms with E-state index in [-0.39, 0.29) is 0 Å². The van der Waals surface area contributed by atoms with Crippen molar-refractivity contribution in [3.05, 3.63) is 30.5 Å². The molecule has 1 heterocycles. The number of fused-ring (bicyclic) bond motifs is 1. The van der Waals surface area contributed by atoms with Gasteiger partial charge in [0.15, 0.2) is 0 Å². The van der Waals surface area contributed by atoms with Crippen LogP contribution in [0.3, 0.4) is 0 Å². The van der Waals surface area contributed by atoms with Crippen molar-refractivity contribution in [2.75, 3.05) is 18.3 Å². The summed E-state index contributed by atoms with van der Waals surface area (Å²) in [5, 5.41) is 5.68. The van der Waals surface area contributed by atoms with Crippen molar-refractivity contribution < 1.29 is 4.74 Å². The molecule has 3 nitrogen and oxygen atoms in total. The molecule has 19 heavy (non-hydrogen) atoms. The van der Waals surface area contributed by atoms with Gasteiger partial charge in [0.05, 0.1) is 7.11 Å². The Balaban J connectivity index is 2.26. The van der Waals surface area contributed by atoms with Gasteiger partial charge in [0.2, 0.25) is 0 Å². The summed E-state index contributed by atoms with van der Waals surface area (Å²) in [4.78, 5) is 4.43. The van der Waals surface area contributed by atoms with Gasteiger partial charge >= 0.3 is 0 Å². The van der Waals surface area contributed by atoms with Gasteiger partial charge < -0.3 is 10.1 Å². The first-order chi connectivity index (χ1) is 9.24. The molecule has 0 aliphatic heterocycles. The number of ether oxygens (including phenoxy) is 1. The lowest BCUT2D eigenvalue weighted by atomic mass is 10.1. The second-order valence-corrected chi connectivity index (χ2v) is 5.00. The molecule has 102 valence electrons. The zero-order valence-corrected chi connectivity index (χ0v) is 12.1. The third kappa shape index (κ3) is 3.51. The van der Waals surface area contributed by atoms with Crippen molar-refractivity contribution >= 4 is 28.2 Å². The normalized spacial score (nSPS) is 12.4. The van der Waals surface area contributed by atoms with Crippen molar-refractivity contribution in [3.63, 3.8) is 0 Å². The number of nitrogens with zero attached hydrogens (tertiary/aromatic N) is 1. The molecule has 0 saturated carbocycles. The number of alkyl halides is 1. The highest BCUT2D eigenvalue weighted by molar-refractivity contribution is 6.17. The highest BCUT2D eigenvalue weighted by Crippen LogP contribution is 2.26. The summed E-state index contributed by atoms with van der Waals surface area (Å²) in [5.74, 6) is 2.44. The van der Waals surface area contributed by atoms with Crippen molar-refractivity contribution in [2.24, 2.45) is 0 Å². The Labute approximate surface area is 118 Å². The predicted octanol–water partition coefficient (Wildman–Crippen LogP) is 4.06. The fourth-order valence-electron chi connectivity index (χ4n) is 2.08. The number of hydrogen-bond acceptors (Lipinski definition) is 3. The summed E-state index contributed by atoms with van der Waals surface area (Å²) >= 11 is 5.72. The predicted molar refractivity (Wildman–Crippen MR) is 81.3 cm³/mol. The molecule has 0 saturated heterocycles. The van der Waals surface area contributed by atoms with Crippen LogP contribution in [0, 0.1) is 0 Å². The van der Waals surface area contributed by atoms with Crippen molar-refractivity contribution in [2.45, 2.75) is 25.8 Å². The SMILES string of the molecule is COc1ccc2ccnc(NC(C)CCCCl)c2c1. The van der Waals surface area contributed by atoms with Crippen molar-refractivity contribution in [1.82, 2.24) is 4.98 Å². The maximum atomic E-state index is 5.72. The number of hydrogen-bond donors (Lipinski definition) is 1. The monoisotopic (exact) mass is 278 g/mol. The van der Waals surface area contributed by atoms with Crippen LogP contribution < -0.4 is 10.1 Å². The third-order valence-electron chi connectivity index (χ3n) is 3.13. The van der Waals surface area contributed by atoms with E-state index in [0.717, 1.165) is 35.2 Å². The Bertz CT molecular complexity index is 545. The molecule has 1 atom stereocenters. The van der Waals surface area contributed by atoms with E-state index in [1.165, 1.54) is 0 Å². The smallest absolute Gasteiger partial charge is 0.134 e. The highest BCUT2D eigenvalue weighted by Gasteiger charge is 2.07. The van der Waals surface area contributed by atoms with Gasteiger partial charge in [-0.15, -0.1) is 11.6 Å². The van der Waals surface area contributed by atoms with Gasteiger partial charge in [0.25, 0.3) is 0 Å². The molecular formula is C15H19ClN2O. The van der Waals surface area contributed by atoms with Crippen LogP contribution in [0.5, 0.6) is 5.75 Å². The molecule has 1 aromatic carbocycles. The first kappa shape index (κ1) is 13.9. The maximum absolute atomic E-state index is 5.72. The molecule has 1 unspecified atom stereocenters. The van der Waals surface area contributed by atoms with E-state index in [4.69, 9.17) is 16.3 Å². The molecule has 0 amide bonds. The lowest BCUT2D eigenvalue weighted by molar-refractivity contribution is 0.415. The minimum Gasteiger partial charge on any atom is -0.497 e. The molecule has 1 aromatic heterocycles. The van der Waals surface area contributed by atoms with Crippen LogP contribution in [-0.4, -0.2) is 24.0 Å². The number of nitrogens with one attached hydrogen (secondary N) is 1. The quantitative estimate of drug-likeness (QED) is 0.809. The van der Waals surface area contributed by atoms with E-state index in [0.29, 0.717) is 11.9 Å². The summed E-state index contributed by atoms with van der Waals surface area (Å²) in [6.07, 6.45) is 3.86. The topological polar surface area (TPSA) is 34.1 Å². The van der Waals surface area contributed by atoms with Crippen LogP contribution in [0.4, 0.5) is 5.82 Å². The summed E-state index contributed by atoms with van der Waals surface area (Å²) in [6, 6.07) is 8.37. The Morgan fingerprint density at radius 3 is 2.95 bits per heavy atom. The van der Waals surface area contributed by atoms with Crippen molar-refractivity contribution in [1.29, 1.82) is 0 Å². The van der Waals surface area contributed by atoms with Crippen LogP contribution in [0.1, 0.15) is 19.8 Å². The Kier molecular flexibility index (Phi) is 4.86. The minimum absolute atomic E-state index is 0.350. The lowest BCUT2D eigenvalue weighted by Gasteiger charge is -2.15. The molecular weight excluding hydrogens is 260 g/mol. The summed E-state index contributed by atoms with van der Waals surface area (Å²) < 4.78 is 5.27. The zero-order valence-electron chi connectivity index (χ0n) is 11.3. The van der Waals surface area contributed by atoms with E-state index in [1.54, 1.807) is 7.11 Å². The van der Waals surface area contributed by atoms with Crippen LogP contribution in [0.15, 0.2) is 30.5 Å². The molecule has 1 N–H and O–H groups in total. The van der Waals surface area contributed by atoms with Gasteiger partial charge in [-0.25, -0.2) is 4.98 Å². The second-order valence-electron chi connectivity index (χ2n) is 4.62. The Morgan fingerprint density at radius 2 is 2.21 bits per heavy atom.